The normalized spacial score (nSPS) is 11.0. The van der Waals surface area contributed by atoms with Gasteiger partial charge in [0.15, 0.2) is 0 Å². The molecule has 1 aromatic carbocycles. The molecule has 0 aliphatic heterocycles. The van der Waals surface area contributed by atoms with Gasteiger partial charge in [0.25, 0.3) is 0 Å². The molecule has 1 atom stereocenters. The summed E-state index contributed by atoms with van der Waals surface area (Å²) < 4.78 is 0. The fraction of sp³-hybridized carbons (Fsp3) is 0.200. The Bertz CT molecular complexity index is 488. The third kappa shape index (κ3) is 10.6. The van der Waals surface area contributed by atoms with Crippen molar-refractivity contribution in [2.75, 3.05) is 0 Å². The lowest BCUT2D eigenvalue weighted by Crippen LogP contribution is -2.18. The molecule has 1 unspecified atom stereocenters. The van der Waals surface area contributed by atoms with Gasteiger partial charge >= 0.3 is 11.9 Å². The Labute approximate surface area is 117 Å². The SMILES string of the molecule is C#CC(N)CCC(=O)O.O=C(O)/C=C/c1ccccc1. The molecule has 106 valence electrons. The van der Waals surface area contributed by atoms with Crippen molar-refractivity contribution in [2.45, 2.75) is 18.9 Å². The van der Waals surface area contributed by atoms with Gasteiger partial charge in [0.2, 0.25) is 0 Å². The van der Waals surface area contributed by atoms with Crippen molar-refractivity contribution in [3.8, 4) is 12.3 Å². The molecule has 0 aliphatic carbocycles. The maximum absolute atomic E-state index is 10.1. The molecular weight excluding hydrogens is 258 g/mol. The highest BCUT2D eigenvalue weighted by molar-refractivity contribution is 5.85. The summed E-state index contributed by atoms with van der Waals surface area (Å²) in [7, 11) is 0. The molecule has 0 bridgehead atoms. The van der Waals surface area contributed by atoms with E-state index in [1.807, 2.05) is 30.3 Å². The lowest BCUT2D eigenvalue weighted by atomic mass is 10.2. The highest BCUT2D eigenvalue weighted by Crippen LogP contribution is 1.99. The van der Waals surface area contributed by atoms with Crippen LogP contribution >= 0.6 is 0 Å². The number of rotatable bonds is 5. The highest BCUT2D eigenvalue weighted by Gasteiger charge is 2.00. The van der Waals surface area contributed by atoms with E-state index >= 15 is 0 Å². The summed E-state index contributed by atoms with van der Waals surface area (Å²) in [5.74, 6) is 0.452. The molecule has 0 saturated heterocycles. The zero-order valence-electron chi connectivity index (χ0n) is 10.9. The zero-order valence-corrected chi connectivity index (χ0v) is 10.9. The first-order valence-corrected chi connectivity index (χ1v) is 5.85. The summed E-state index contributed by atoms with van der Waals surface area (Å²) in [5.41, 5.74) is 6.12. The molecule has 0 saturated carbocycles. The Morgan fingerprint density at radius 3 is 2.35 bits per heavy atom. The van der Waals surface area contributed by atoms with Gasteiger partial charge in [-0.25, -0.2) is 4.79 Å². The van der Waals surface area contributed by atoms with Crippen LogP contribution < -0.4 is 5.73 Å². The maximum atomic E-state index is 10.1. The number of hydrogen-bond donors (Lipinski definition) is 3. The molecule has 0 aliphatic rings. The van der Waals surface area contributed by atoms with E-state index in [9.17, 15) is 9.59 Å². The van der Waals surface area contributed by atoms with Crippen molar-refractivity contribution < 1.29 is 19.8 Å². The Hall–Kier alpha value is -2.58. The summed E-state index contributed by atoms with van der Waals surface area (Å²) in [6.45, 7) is 0. The average molecular weight is 275 g/mol. The second-order valence-electron chi connectivity index (χ2n) is 3.79. The van der Waals surface area contributed by atoms with Gasteiger partial charge in [-0.3, -0.25) is 4.79 Å². The summed E-state index contributed by atoms with van der Waals surface area (Å²) in [5, 5.41) is 16.4. The minimum Gasteiger partial charge on any atom is -0.481 e. The third-order valence-electron chi connectivity index (χ3n) is 2.10. The van der Waals surface area contributed by atoms with Gasteiger partial charge < -0.3 is 15.9 Å². The largest absolute Gasteiger partial charge is 0.481 e. The van der Waals surface area contributed by atoms with Crippen LogP contribution in [-0.4, -0.2) is 28.2 Å². The predicted molar refractivity (Wildman–Crippen MR) is 76.8 cm³/mol. The van der Waals surface area contributed by atoms with E-state index in [4.69, 9.17) is 22.4 Å². The van der Waals surface area contributed by atoms with Crippen LogP contribution in [0.25, 0.3) is 6.08 Å². The Morgan fingerprint density at radius 1 is 1.30 bits per heavy atom. The number of carboxylic acids is 2. The number of hydrogen-bond acceptors (Lipinski definition) is 3. The van der Waals surface area contributed by atoms with Crippen LogP contribution in [-0.2, 0) is 9.59 Å². The topological polar surface area (TPSA) is 101 Å². The van der Waals surface area contributed by atoms with Crippen LogP contribution in [0.5, 0.6) is 0 Å². The van der Waals surface area contributed by atoms with E-state index in [1.165, 1.54) is 0 Å². The minimum atomic E-state index is -0.922. The lowest BCUT2D eigenvalue weighted by Gasteiger charge is -1.98. The van der Waals surface area contributed by atoms with E-state index in [2.05, 4.69) is 5.92 Å². The van der Waals surface area contributed by atoms with Gasteiger partial charge in [0, 0.05) is 12.5 Å². The van der Waals surface area contributed by atoms with Crippen LogP contribution in [0, 0.1) is 12.3 Å². The van der Waals surface area contributed by atoms with Gasteiger partial charge in [-0.05, 0) is 18.1 Å². The third-order valence-corrected chi connectivity index (χ3v) is 2.10. The number of carboxylic acid groups (broad SMARTS) is 2. The molecule has 0 heterocycles. The van der Waals surface area contributed by atoms with E-state index in [-0.39, 0.29) is 6.42 Å². The van der Waals surface area contributed by atoms with Crippen molar-refractivity contribution in [1.82, 2.24) is 0 Å². The zero-order chi connectivity index (χ0) is 15.4. The Balaban J connectivity index is 0.000000370. The fourth-order valence-corrected chi connectivity index (χ4v) is 1.09. The van der Waals surface area contributed by atoms with Gasteiger partial charge in [-0.2, -0.15) is 0 Å². The molecule has 20 heavy (non-hydrogen) atoms. The summed E-state index contributed by atoms with van der Waals surface area (Å²) in [6, 6.07) is 8.89. The smallest absolute Gasteiger partial charge is 0.328 e. The van der Waals surface area contributed by atoms with Crippen molar-refractivity contribution in [2.24, 2.45) is 5.73 Å². The van der Waals surface area contributed by atoms with E-state index in [0.29, 0.717) is 6.42 Å². The Kier molecular flexibility index (Phi) is 9.02. The van der Waals surface area contributed by atoms with Crippen LogP contribution in [0.2, 0.25) is 0 Å². The van der Waals surface area contributed by atoms with Crippen LogP contribution in [0.4, 0.5) is 0 Å². The number of terminal acetylenes is 1. The van der Waals surface area contributed by atoms with E-state index in [0.717, 1.165) is 11.6 Å². The van der Waals surface area contributed by atoms with Crippen LogP contribution in [0.15, 0.2) is 36.4 Å². The molecule has 4 N–H and O–H groups in total. The van der Waals surface area contributed by atoms with Crippen molar-refractivity contribution >= 4 is 18.0 Å². The number of benzene rings is 1. The maximum Gasteiger partial charge on any atom is 0.328 e. The van der Waals surface area contributed by atoms with Gasteiger partial charge in [0.1, 0.15) is 0 Å². The minimum absolute atomic E-state index is 0.0470. The molecule has 0 fully saturated rings. The van der Waals surface area contributed by atoms with Crippen LogP contribution in [0.1, 0.15) is 18.4 Å². The molecule has 5 nitrogen and oxygen atoms in total. The average Bonchev–Trinajstić information content (AvgIpc) is 2.44. The molecule has 1 rings (SSSR count). The lowest BCUT2D eigenvalue weighted by molar-refractivity contribution is -0.137. The van der Waals surface area contributed by atoms with Crippen molar-refractivity contribution in [3.63, 3.8) is 0 Å². The highest BCUT2D eigenvalue weighted by atomic mass is 16.4. The standard InChI is InChI=1S/C9H8O2.C6H9NO2/c10-9(11)7-6-8-4-2-1-3-5-8;1-2-5(7)3-4-6(8)9/h1-7H,(H,10,11);1,5H,3-4,7H2,(H,8,9)/b7-6+;. The second kappa shape index (κ2) is 10.4. The first-order valence-electron chi connectivity index (χ1n) is 5.85. The number of nitrogens with two attached hydrogens (primary N) is 1. The predicted octanol–water partition coefficient (Wildman–Crippen LogP) is 1.60. The quantitative estimate of drug-likeness (QED) is 0.559. The van der Waals surface area contributed by atoms with Crippen molar-refractivity contribution in [1.29, 1.82) is 0 Å². The fourth-order valence-electron chi connectivity index (χ4n) is 1.09. The van der Waals surface area contributed by atoms with Crippen LogP contribution in [0.3, 0.4) is 0 Å². The number of carbonyl (C=O) groups is 2. The monoisotopic (exact) mass is 275 g/mol. The van der Waals surface area contributed by atoms with E-state index < -0.39 is 18.0 Å². The number of aliphatic carboxylic acids is 2. The van der Waals surface area contributed by atoms with Gasteiger partial charge in [-0.1, -0.05) is 36.3 Å². The molecular formula is C15H17NO4. The first kappa shape index (κ1) is 17.4. The van der Waals surface area contributed by atoms with E-state index in [1.54, 1.807) is 6.08 Å². The molecule has 0 aromatic heterocycles. The first-order chi connectivity index (χ1) is 9.45. The Morgan fingerprint density at radius 2 is 1.90 bits per heavy atom. The molecule has 0 spiro atoms. The summed E-state index contributed by atoms with van der Waals surface area (Å²) >= 11 is 0. The van der Waals surface area contributed by atoms with Gasteiger partial charge in [0.05, 0.1) is 6.04 Å². The van der Waals surface area contributed by atoms with Crippen molar-refractivity contribution in [3.05, 3.63) is 42.0 Å². The molecule has 0 amide bonds. The molecule has 0 radical (unpaired) electrons. The molecule has 1 aromatic rings. The van der Waals surface area contributed by atoms with Gasteiger partial charge in [-0.15, -0.1) is 6.42 Å². The summed E-state index contributed by atoms with van der Waals surface area (Å²) in [6.07, 6.45) is 7.97. The second-order valence-corrected chi connectivity index (χ2v) is 3.79. The molecule has 5 heteroatoms. The summed E-state index contributed by atoms with van der Waals surface area (Å²) in [4.78, 5) is 20.0.